The molecule has 0 heterocycles. The molecule has 0 aliphatic heterocycles. The molecule has 0 spiro atoms. The molecule has 0 radical (unpaired) electrons. The van der Waals surface area contributed by atoms with Crippen molar-refractivity contribution in [3.63, 3.8) is 0 Å². The minimum atomic E-state index is 0.782. The third-order valence-corrected chi connectivity index (χ3v) is 3.86. The Kier molecular flexibility index (Phi) is 5.43. The van der Waals surface area contributed by atoms with Crippen LogP contribution in [0.15, 0.2) is 65.8 Å². The normalized spacial score (nSPS) is 16.2. The van der Waals surface area contributed by atoms with Gasteiger partial charge in [0.05, 0.1) is 0 Å². The summed E-state index contributed by atoms with van der Waals surface area (Å²) in [5, 5.41) is 0.782. The van der Waals surface area contributed by atoms with Crippen molar-refractivity contribution in [2.45, 2.75) is 33.1 Å². The van der Waals surface area contributed by atoms with Crippen LogP contribution >= 0.6 is 11.6 Å². The summed E-state index contributed by atoms with van der Waals surface area (Å²) in [6.45, 7) is 4.39. The Bertz CT molecular complexity index is 568. The molecule has 0 atom stereocenters. The molecule has 0 nitrogen and oxygen atoms in total. The van der Waals surface area contributed by atoms with Gasteiger partial charge in [-0.05, 0) is 55.0 Å². The lowest BCUT2D eigenvalue weighted by Crippen LogP contribution is -1.87. The average Bonchev–Trinajstić information content (AvgIpc) is 2.50. The molecule has 0 fully saturated rings. The van der Waals surface area contributed by atoms with Gasteiger partial charge in [-0.3, -0.25) is 0 Å². The minimum Gasteiger partial charge on any atom is -0.0843 e. The summed E-state index contributed by atoms with van der Waals surface area (Å²) in [6, 6.07) is 8.08. The fourth-order valence-electron chi connectivity index (χ4n) is 2.24. The molecular formula is C19H21Cl. The average molecular weight is 285 g/mol. The van der Waals surface area contributed by atoms with E-state index in [1.165, 1.54) is 22.3 Å². The molecule has 1 heteroatoms. The van der Waals surface area contributed by atoms with Gasteiger partial charge in [0.1, 0.15) is 0 Å². The van der Waals surface area contributed by atoms with Crippen LogP contribution in [0.5, 0.6) is 0 Å². The van der Waals surface area contributed by atoms with Crippen molar-refractivity contribution in [3.05, 3.63) is 76.4 Å². The van der Waals surface area contributed by atoms with Gasteiger partial charge in [0.15, 0.2) is 0 Å². The minimum absolute atomic E-state index is 0.782. The molecule has 1 aliphatic rings. The predicted octanol–water partition coefficient (Wildman–Crippen LogP) is 6.36. The first-order valence-electron chi connectivity index (χ1n) is 7.21. The SMILES string of the molecule is CC/C(C)=C(/C=C\C1=CCCC=C1)c1ccc(Cl)cc1. The zero-order chi connectivity index (χ0) is 14.4. The molecule has 0 saturated heterocycles. The fraction of sp³-hybridized carbons (Fsp3) is 0.263. The van der Waals surface area contributed by atoms with Crippen LogP contribution in [-0.2, 0) is 0 Å². The maximum absolute atomic E-state index is 5.98. The predicted molar refractivity (Wildman–Crippen MR) is 89.9 cm³/mol. The topological polar surface area (TPSA) is 0 Å². The van der Waals surface area contributed by atoms with Gasteiger partial charge in [0, 0.05) is 5.02 Å². The summed E-state index contributed by atoms with van der Waals surface area (Å²) >= 11 is 5.98. The molecular weight excluding hydrogens is 264 g/mol. The van der Waals surface area contributed by atoms with E-state index in [1.807, 2.05) is 12.1 Å². The van der Waals surface area contributed by atoms with E-state index in [2.05, 4.69) is 56.4 Å². The molecule has 104 valence electrons. The number of rotatable bonds is 4. The number of hydrogen-bond acceptors (Lipinski definition) is 0. The summed E-state index contributed by atoms with van der Waals surface area (Å²) in [6.07, 6.45) is 14.5. The van der Waals surface area contributed by atoms with E-state index in [9.17, 15) is 0 Å². The van der Waals surface area contributed by atoms with Crippen LogP contribution in [0.3, 0.4) is 0 Å². The quantitative estimate of drug-likeness (QED) is 0.565. The summed E-state index contributed by atoms with van der Waals surface area (Å²) in [7, 11) is 0. The molecule has 0 N–H and O–H groups in total. The van der Waals surface area contributed by atoms with Crippen molar-refractivity contribution < 1.29 is 0 Å². The maximum Gasteiger partial charge on any atom is 0.0406 e. The standard InChI is InChI=1S/C19H21Cl/c1-3-15(2)19(17-10-12-18(20)13-11-17)14-9-16-7-5-4-6-8-16/h5,7-14H,3-4,6H2,1-2H3/b14-9-,19-15-. The zero-order valence-corrected chi connectivity index (χ0v) is 13.0. The lowest BCUT2D eigenvalue weighted by atomic mass is 9.97. The number of benzene rings is 1. The van der Waals surface area contributed by atoms with Crippen LogP contribution < -0.4 is 0 Å². The van der Waals surface area contributed by atoms with Crippen molar-refractivity contribution in [1.29, 1.82) is 0 Å². The third kappa shape index (κ3) is 3.98. The van der Waals surface area contributed by atoms with Crippen LogP contribution in [0, 0.1) is 0 Å². The lowest BCUT2D eigenvalue weighted by molar-refractivity contribution is 1.02. The highest BCUT2D eigenvalue weighted by molar-refractivity contribution is 6.30. The van der Waals surface area contributed by atoms with Gasteiger partial charge in [-0.2, -0.15) is 0 Å². The van der Waals surface area contributed by atoms with Gasteiger partial charge in [0.2, 0.25) is 0 Å². The molecule has 1 aromatic carbocycles. The second-order valence-electron chi connectivity index (χ2n) is 5.07. The monoisotopic (exact) mass is 284 g/mol. The Labute approximate surface area is 127 Å². The molecule has 0 bridgehead atoms. The van der Waals surface area contributed by atoms with E-state index in [1.54, 1.807) is 0 Å². The van der Waals surface area contributed by atoms with Crippen molar-refractivity contribution in [2.24, 2.45) is 0 Å². The van der Waals surface area contributed by atoms with Gasteiger partial charge in [-0.25, -0.2) is 0 Å². The van der Waals surface area contributed by atoms with E-state index < -0.39 is 0 Å². The Morgan fingerprint density at radius 3 is 2.55 bits per heavy atom. The van der Waals surface area contributed by atoms with Crippen LogP contribution in [-0.4, -0.2) is 0 Å². The van der Waals surface area contributed by atoms with Crippen LogP contribution in [0.25, 0.3) is 5.57 Å². The first kappa shape index (κ1) is 14.9. The van der Waals surface area contributed by atoms with Crippen molar-refractivity contribution in [3.8, 4) is 0 Å². The summed E-state index contributed by atoms with van der Waals surface area (Å²) in [5.41, 5.74) is 5.21. The molecule has 0 amide bonds. The lowest BCUT2D eigenvalue weighted by Gasteiger charge is -2.09. The highest BCUT2D eigenvalue weighted by atomic mass is 35.5. The molecule has 20 heavy (non-hydrogen) atoms. The van der Waals surface area contributed by atoms with Gasteiger partial charge < -0.3 is 0 Å². The van der Waals surface area contributed by atoms with Crippen LogP contribution in [0.2, 0.25) is 5.02 Å². The van der Waals surface area contributed by atoms with Gasteiger partial charge in [-0.1, -0.05) is 66.6 Å². The van der Waals surface area contributed by atoms with Gasteiger partial charge in [0.25, 0.3) is 0 Å². The van der Waals surface area contributed by atoms with E-state index in [4.69, 9.17) is 11.6 Å². The largest absolute Gasteiger partial charge is 0.0843 e. The fourth-order valence-corrected chi connectivity index (χ4v) is 2.37. The van der Waals surface area contributed by atoms with Gasteiger partial charge in [-0.15, -0.1) is 0 Å². The van der Waals surface area contributed by atoms with E-state index in [-0.39, 0.29) is 0 Å². The van der Waals surface area contributed by atoms with Gasteiger partial charge >= 0.3 is 0 Å². The summed E-state index contributed by atoms with van der Waals surface area (Å²) in [5.74, 6) is 0. The Balaban J connectivity index is 2.30. The Morgan fingerprint density at radius 1 is 1.20 bits per heavy atom. The Morgan fingerprint density at radius 2 is 1.95 bits per heavy atom. The molecule has 0 saturated carbocycles. The highest BCUT2D eigenvalue weighted by Crippen LogP contribution is 2.25. The van der Waals surface area contributed by atoms with Crippen molar-refractivity contribution >= 4 is 17.2 Å². The second-order valence-corrected chi connectivity index (χ2v) is 5.51. The summed E-state index contributed by atoms with van der Waals surface area (Å²) in [4.78, 5) is 0. The Hall–Kier alpha value is -1.53. The summed E-state index contributed by atoms with van der Waals surface area (Å²) < 4.78 is 0. The first-order chi connectivity index (χ1) is 9.70. The molecule has 1 aliphatic carbocycles. The van der Waals surface area contributed by atoms with E-state index >= 15 is 0 Å². The van der Waals surface area contributed by atoms with Crippen molar-refractivity contribution in [1.82, 2.24) is 0 Å². The second kappa shape index (κ2) is 7.31. The highest BCUT2D eigenvalue weighted by Gasteiger charge is 2.02. The van der Waals surface area contributed by atoms with E-state index in [0.717, 1.165) is 24.3 Å². The number of hydrogen-bond donors (Lipinski definition) is 0. The molecule has 2 rings (SSSR count). The maximum atomic E-state index is 5.98. The van der Waals surface area contributed by atoms with Crippen molar-refractivity contribution in [2.75, 3.05) is 0 Å². The number of halogens is 1. The third-order valence-electron chi connectivity index (χ3n) is 3.61. The van der Waals surface area contributed by atoms with Crippen LogP contribution in [0.1, 0.15) is 38.7 Å². The number of allylic oxidation sites excluding steroid dienone is 8. The smallest absolute Gasteiger partial charge is 0.0406 e. The molecule has 0 unspecified atom stereocenters. The first-order valence-corrected chi connectivity index (χ1v) is 7.59. The molecule has 0 aromatic heterocycles. The van der Waals surface area contributed by atoms with Crippen LogP contribution in [0.4, 0.5) is 0 Å². The van der Waals surface area contributed by atoms with E-state index in [0.29, 0.717) is 0 Å². The zero-order valence-electron chi connectivity index (χ0n) is 12.2. The molecule has 1 aromatic rings.